The van der Waals surface area contributed by atoms with Crippen molar-refractivity contribution in [2.75, 3.05) is 49.7 Å². The van der Waals surface area contributed by atoms with Crippen LogP contribution in [0, 0.1) is 6.92 Å². The van der Waals surface area contributed by atoms with Gasteiger partial charge in [-0.05, 0) is 38.0 Å². The van der Waals surface area contributed by atoms with Gasteiger partial charge in [0.25, 0.3) is 5.56 Å². The van der Waals surface area contributed by atoms with Gasteiger partial charge in [0.2, 0.25) is 0 Å². The van der Waals surface area contributed by atoms with E-state index in [0.717, 1.165) is 54.7 Å². The van der Waals surface area contributed by atoms with Crippen molar-refractivity contribution in [3.63, 3.8) is 0 Å². The van der Waals surface area contributed by atoms with Crippen molar-refractivity contribution in [2.45, 2.75) is 32.2 Å². The molecule has 0 bridgehead atoms. The molecule has 0 unspecified atom stereocenters. The van der Waals surface area contributed by atoms with E-state index in [0.29, 0.717) is 24.5 Å². The summed E-state index contributed by atoms with van der Waals surface area (Å²) in [6.07, 6.45) is 4.04. The third-order valence-electron chi connectivity index (χ3n) is 6.11. The average molecular weight is 421 g/mol. The van der Waals surface area contributed by atoms with E-state index in [2.05, 4.69) is 32.8 Å². The fourth-order valence-corrected chi connectivity index (χ4v) is 4.15. The zero-order valence-corrected chi connectivity index (χ0v) is 18.1. The Hall–Kier alpha value is -3.00. The van der Waals surface area contributed by atoms with Crippen LogP contribution < -0.4 is 15.4 Å². The molecule has 1 aliphatic carbocycles. The number of aromatic nitrogens is 4. The summed E-state index contributed by atoms with van der Waals surface area (Å²) in [6.45, 7) is 6.67. The number of nitrogens with zero attached hydrogens (tertiary/aromatic N) is 6. The Kier molecular flexibility index (Phi) is 5.31. The predicted molar refractivity (Wildman–Crippen MR) is 121 cm³/mol. The van der Waals surface area contributed by atoms with Gasteiger partial charge < -0.3 is 14.5 Å². The highest BCUT2D eigenvalue weighted by atomic mass is 16.5. The van der Waals surface area contributed by atoms with Crippen molar-refractivity contribution in [3.05, 3.63) is 52.5 Å². The highest BCUT2D eigenvalue weighted by Crippen LogP contribution is 2.38. The number of methoxy groups -OCH3 is 1. The second-order valence-corrected chi connectivity index (χ2v) is 8.41. The van der Waals surface area contributed by atoms with Crippen LogP contribution in [-0.4, -0.2) is 59.4 Å². The van der Waals surface area contributed by atoms with Crippen LogP contribution in [0.3, 0.4) is 0 Å². The smallest absolute Gasteiger partial charge is 0.261 e. The zero-order valence-electron chi connectivity index (χ0n) is 18.1. The fourth-order valence-electron chi connectivity index (χ4n) is 4.15. The summed E-state index contributed by atoms with van der Waals surface area (Å²) in [6, 6.07) is 8.04. The maximum atomic E-state index is 12.7. The van der Waals surface area contributed by atoms with Gasteiger partial charge in [-0.3, -0.25) is 9.36 Å². The number of aryl methyl sites for hydroxylation is 1. The van der Waals surface area contributed by atoms with Gasteiger partial charge in [0, 0.05) is 56.7 Å². The quantitative estimate of drug-likeness (QED) is 0.606. The molecular formula is C23H28N6O2. The van der Waals surface area contributed by atoms with Crippen LogP contribution in [0.2, 0.25) is 0 Å². The van der Waals surface area contributed by atoms with Gasteiger partial charge in [-0.2, -0.15) is 0 Å². The van der Waals surface area contributed by atoms with Crippen LogP contribution in [0.15, 0.2) is 35.4 Å². The summed E-state index contributed by atoms with van der Waals surface area (Å²) >= 11 is 0. The molecule has 162 valence electrons. The van der Waals surface area contributed by atoms with E-state index in [1.807, 2.05) is 18.2 Å². The molecule has 3 heterocycles. The Morgan fingerprint density at radius 2 is 1.84 bits per heavy atom. The van der Waals surface area contributed by atoms with Gasteiger partial charge in [0.15, 0.2) is 0 Å². The normalized spacial score (nSPS) is 16.8. The first-order valence-corrected chi connectivity index (χ1v) is 11.0. The summed E-state index contributed by atoms with van der Waals surface area (Å²) in [5, 5.41) is 0.644. The van der Waals surface area contributed by atoms with Gasteiger partial charge in [0.05, 0.1) is 30.4 Å². The SMILES string of the molecule is COCCn1cnc2cc(N3CCN(c4cc(C)nc(C5CC5)n4)CC3)ccc2c1=O. The molecule has 2 fully saturated rings. The molecule has 2 aromatic heterocycles. The van der Waals surface area contributed by atoms with Gasteiger partial charge >= 0.3 is 0 Å². The Morgan fingerprint density at radius 1 is 1.06 bits per heavy atom. The van der Waals surface area contributed by atoms with Gasteiger partial charge in [-0.15, -0.1) is 0 Å². The Morgan fingerprint density at radius 3 is 2.58 bits per heavy atom. The van der Waals surface area contributed by atoms with Crippen molar-refractivity contribution < 1.29 is 4.74 Å². The summed E-state index contributed by atoms with van der Waals surface area (Å²) in [5.41, 5.74) is 2.86. The minimum Gasteiger partial charge on any atom is -0.383 e. The maximum absolute atomic E-state index is 12.7. The molecule has 0 spiro atoms. The molecule has 1 aromatic carbocycles. The second kappa shape index (κ2) is 8.26. The lowest BCUT2D eigenvalue weighted by Gasteiger charge is -2.37. The molecule has 0 radical (unpaired) electrons. The number of anilines is 2. The first kappa shape index (κ1) is 19.9. The number of ether oxygens (including phenoxy) is 1. The van der Waals surface area contributed by atoms with E-state index in [1.54, 1.807) is 18.0 Å². The van der Waals surface area contributed by atoms with Crippen LogP contribution in [-0.2, 0) is 11.3 Å². The molecule has 1 saturated carbocycles. The van der Waals surface area contributed by atoms with Crippen LogP contribution in [0.25, 0.3) is 10.9 Å². The second-order valence-electron chi connectivity index (χ2n) is 8.41. The molecule has 2 aliphatic rings. The average Bonchev–Trinajstić information content (AvgIpc) is 3.64. The molecular weight excluding hydrogens is 392 g/mol. The molecule has 8 nitrogen and oxygen atoms in total. The van der Waals surface area contributed by atoms with Crippen molar-refractivity contribution in [1.29, 1.82) is 0 Å². The third-order valence-corrected chi connectivity index (χ3v) is 6.11. The molecule has 1 saturated heterocycles. The molecule has 5 rings (SSSR count). The van der Waals surface area contributed by atoms with Crippen molar-refractivity contribution in [2.24, 2.45) is 0 Å². The largest absolute Gasteiger partial charge is 0.383 e. The number of hydrogen-bond donors (Lipinski definition) is 0. The summed E-state index contributed by atoms with van der Waals surface area (Å²) in [5.74, 6) is 2.61. The van der Waals surface area contributed by atoms with Crippen molar-refractivity contribution in [1.82, 2.24) is 19.5 Å². The van der Waals surface area contributed by atoms with Crippen LogP contribution >= 0.6 is 0 Å². The lowest BCUT2D eigenvalue weighted by molar-refractivity contribution is 0.186. The summed E-state index contributed by atoms with van der Waals surface area (Å²) in [4.78, 5) is 31.3. The third kappa shape index (κ3) is 4.12. The van der Waals surface area contributed by atoms with E-state index in [9.17, 15) is 4.79 Å². The Balaban J connectivity index is 1.30. The van der Waals surface area contributed by atoms with Crippen molar-refractivity contribution in [3.8, 4) is 0 Å². The molecule has 0 atom stereocenters. The lowest BCUT2D eigenvalue weighted by atomic mass is 10.2. The number of fused-ring (bicyclic) bond motifs is 1. The molecule has 31 heavy (non-hydrogen) atoms. The van der Waals surface area contributed by atoms with Crippen LogP contribution in [0.4, 0.5) is 11.5 Å². The number of rotatable bonds is 6. The molecule has 1 aliphatic heterocycles. The standard InChI is InChI=1S/C23H28N6O2/c1-16-13-21(26-22(25-16)17-3-4-17)28-9-7-27(8-10-28)18-5-6-19-20(14-18)24-15-29(23(19)30)11-12-31-2/h5-6,13-15,17H,3-4,7-12H2,1-2H3. The summed E-state index contributed by atoms with van der Waals surface area (Å²) < 4.78 is 6.67. The van der Waals surface area contributed by atoms with E-state index in [4.69, 9.17) is 9.72 Å². The van der Waals surface area contributed by atoms with Crippen molar-refractivity contribution >= 4 is 22.4 Å². The Bertz CT molecular complexity index is 1150. The van der Waals surface area contributed by atoms with Crippen LogP contribution in [0.1, 0.15) is 30.3 Å². The van der Waals surface area contributed by atoms with Gasteiger partial charge in [-0.1, -0.05) is 0 Å². The molecule has 3 aromatic rings. The lowest BCUT2D eigenvalue weighted by Crippen LogP contribution is -2.47. The first-order valence-electron chi connectivity index (χ1n) is 11.0. The maximum Gasteiger partial charge on any atom is 0.261 e. The van der Waals surface area contributed by atoms with Crippen LogP contribution in [0.5, 0.6) is 0 Å². The molecule has 0 amide bonds. The number of hydrogen-bond acceptors (Lipinski definition) is 7. The first-order chi connectivity index (χ1) is 15.1. The topological polar surface area (TPSA) is 76.4 Å². The van der Waals surface area contributed by atoms with Gasteiger partial charge in [-0.25, -0.2) is 15.0 Å². The minimum absolute atomic E-state index is 0.0241. The minimum atomic E-state index is -0.0241. The van der Waals surface area contributed by atoms with E-state index in [1.165, 1.54) is 12.8 Å². The van der Waals surface area contributed by atoms with E-state index < -0.39 is 0 Å². The highest BCUT2D eigenvalue weighted by molar-refractivity contribution is 5.81. The van der Waals surface area contributed by atoms with E-state index >= 15 is 0 Å². The Labute approximate surface area is 181 Å². The fraction of sp³-hybridized carbons (Fsp3) is 0.478. The highest BCUT2D eigenvalue weighted by Gasteiger charge is 2.28. The van der Waals surface area contributed by atoms with Gasteiger partial charge in [0.1, 0.15) is 11.6 Å². The number of benzene rings is 1. The summed E-state index contributed by atoms with van der Waals surface area (Å²) in [7, 11) is 1.63. The zero-order chi connectivity index (χ0) is 21.4. The molecule has 0 N–H and O–H groups in total. The number of piperazine rings is 1. The van der Waals surface area contributed by atoms with E-state index in [-0.39, 0.29) is 5.56 Å². The molecule has 8 heteroatoms. The predicted octanol–water partition coefficient (Wildman–Crippen LogP) is 2.35. The monoisotopic (exact) mass is 420 g/mol.